The van der Waals surface area contributed by atoms with Gasteiger partial charge in [0.25, 0.3) is 0 Å². The average molecular weight is 462 g/mol. The summed E-state index contributed by atoms with van der Waals surface area (Å²) in [7, 11) is 0. The van der Waals surface area contributed by atoms with Gasteiger partial charge in [-0.1, -0.05) is 116 Å². The summed E-state index contributed by atoms with van der Waals surface area (Å²) in [4.78, 5) is 28.6. The largest absolute Gasteiger partial charge is 0.461 e. The van der Waals surface area contributed by atoms with Crippen LogP contribution < -0.4 is 0 Å². The van der Waals surface area contributed by atoms with E-state index in [0.717, 1.165) is 25.7 Å². The van der Waals surface area contributed by atoms with Crippen LogP contribution in [0.15, 0.2) is 18.2 Å². The van der Waals surface area contributed by atoms with Gasteiger partial charge in [0.2, 0.25) is 0 Å². The smallest absolute Gasteiger partial charge is 0.356 e. The topological polar surface area (TPSA) is 65.5 Å². The summed E-state index contributed by atoms with van der Waals surface area (Å²) in [5.41, 5.74) is 0.318. The zero-order valence-electron chi connectivity index (χ0n) is 21.2. The highest BCUT2D eigenvalue weighted by Gasteiger charge is 2.14. The van der Waals surface area contributed by atoms with Gasteiger partial charge in [-0.2, -0.15) is 0 Å². The Balaban J connectivity index is 2.14. The molecule has 1 heterocycles. The molecule has 0 aromatic carbocycles. The number of rotatable bonds is 21. The predicted octanol–water partition coefficient (Wildman–Crippen LogP) is 8.07. The molecule has 5 nitrogen and oxygen atoms in total. The molecule has 0 saturated carbocycles. The maximum absolute atomic E-state index is 12.3. The molecule has 0 aliphatic carbocycles. The van der Waals surface area contributed by atoms with Crippen LogP contribution in [0.2, 0.25) is 0 Å². The number of hydrogen-bond donors (Lipinski definition) is 0. The van der Waals surface area contributed by atoms with Crippen molar-refractivity contribution in [1.29, 1.82) is 0 Å². The summed E-state index contributed by atoms with van der Waals surface area (Å²) in [6.45, 7) is 5.23. The fraction of sp³-hybridized carbons (Fsp3) is 0.750. The summed E-state index contributed by atoms with van der Waals surface area (Å²) in [5, 5.41) is 0. The number of hydrogen-bond acceptors (Lipinski definition) is 5. The molecular formula is C28H47NO4. The summed E-state index contributed by atoms with van der Waals surface area (Å²) < 4.78 is 10.6. The molecule has 1 aromatic rings. The van der Waals surface area contributed by atoms with Gasteiger partial charge in [0, 0.05) is 0 Å². The van der Waals surface area contributed by atoms with Crippen LogP contribution in [0, 0.1) is 0 Å². The van der Waals surface area contributed by atoms with Gasteiger partial charge < -0.3 is 9.47 Å². The maximum Gasteiger partial charge on any atom is 0.356 e. The highest BCUT2D eigenvalue weighted by atomic mass is 16.5. The molecule has 0 aliphatic rings. The summed E-state index contributed by atoms with van der Waals surface area (Å²) in [6, 6.07) is 4.80. The number of unbranched alkanes of at least 4 members (excludes halogenated alkanes) is 15. The minimum absolute atomic E-state index is 0.159. The second-order valence-corrected chi connectivity index (χ2v) is 8.98. The van der Waals surface area contributed by atoms with Crippen LogP contribution in [-0.2, 0) is 9.47 Å². The Morgan fingerprint density at radius 1 is 0.576 bits per heavy atom. The van der Waals surface area contributed by atoms with Gasteiger partial charge in [-0.3, -0.25) is 0 Å². The lowest BCUT2D eigenvalue weighted by atomic mass is 10.1. The molecule has 0 radical (unpaired) electrons. The normalized spacial score (nSPS) is 10.8. The molecule has 33 heavy (non-hydrogen) atoms. The van der Waals surface area contributed by atoms with Gasteiger partial charge in [-0.05, 0) is 25.0 Å². The van der Waals surface area contributed by atoms with Crippen molar-refractivity contribution in [3.8, 4) is 0 Å². The van der Waals surface area contributed by atoms with E-state index in [1.807, 2.05) is 0 Å². The van der Waals surface area contributed by atoms with Crippen LogP contribution in [-0.4, -0.2) is 30.1 Å². The van der Waals surface area contributed by atoms with Crippen molar-refractivity contribution in [3.63, 3.8) is 0 Å². The Morgan fingerprint density at radius 2 is 0.909 bits per heavy atom. The Morgan fingerprint density at radius 3 is 1.27 bits per heavy atom. The molecular weight excluding hydrogens is 414 g/mol. The van der Waals surface area contributed by atoms with Gasteiger partial charge in [0.05, 0.1) is 13.2 Å². The average Bonchev–Trinajstić information content (AvgIpc) is 2.84. The van der Waals surface area contributed by atoms with Gasteiger partial charge in [0.15, 0.2) is 0 Å². The van der Waals surface area contributed by atoms with Crippen molar-refractivity contribution < 1.29 is 19.1 Å². The first-order valence-electron chi connectivity index (χ1n) is 13.5. The molecule has 188 valence electrons. The fourth-order valence-corrected chi connectivity index (χ4v) is 3.79. The molecule has 0 atom stereocenters. The van der Waals surface area contributed by atoms with Crippen LogP contribution in [0.5, 0.6) is 0 Å². The van der Waals surface area contributed by atoms with E-state index in [2.05, 4.69) is 18.8 Å². The summed E-state index contributed by atoms with van der Waals surface area (Å²) >= 11 is 0. The molecule has 1 rings (SSSR count). The first-order valence-corrected chi connectivity index (χ1v) is 13.5. The van der Waals surface area contributed by atoms with Gasteiger partial charge in [-0.15, -0.1) is 0 Å². The molecule has 0 bridgehead atoms. The molecule has 0 aliphatic heterocycles. The van der Waals surface area contributed by atoms with Gasteiger partial charge >= 0.3 is 11.9 Å². The van der Waals surface area contributed by atoms with E-state index >= 15 is 0 Å². The van der Waals surface area contributed by atoms with Crippen LogP contribution in [0.1, 0.15) is 144 Å². The number of esters is 2. The molecule has 0 N–H and O–H groups in total. The minimum atomic E-state index is -0.481. The van der Waals surface area contributed by atoms with E-state index in [9.17, 15) is 9.59 Å². The standard InChI is InChI=1S/C28H47NO4/c1-3-5-7-9-11-12-13-15-17-19-24-33-28(31)26-22-20-21-25(29-26)27(30)32-23-18-16-14-10-8-6-4-2/h20-22H,3-19,23-24H2,1-2H3. The second kappa shape index (κ2) is 20.7. The van der Waals surface area contributed by atoms with Crippen molar-refractivity contribution in [2.75, 3.05) is 13.2 Å². The first-order chi connectivity index (χ1) is 16.2. The van der Waals surface area contributed by atoms with E-state index in [-0.39, 0.29) is 11.4 Å². The van der Waals surface area contributed by atoms with Crippen molar-refractivity contribution in [3.05, 3.63) is 29.6 Å². The fourth-order valence-electron chi connectivity index (χ4n) is 3.79. The number of ether oxygens (including phenoxy) is 2. The summed E-state index contributed by atoms with van der Waals surface area (Å²) in [6.07, 6.45) is 20.5. The van der Waals surface area contributed by atoms with E-state index in [4.69, 9.17) is 9.47 Å². The van der Waals surface area contributed by atoms with Crippen LogP contribution in [0.4, 0.5) is 0 Å². The Kier molecular flexibility index (Phi) is 18.2. The van der Waals surface area contributed by atoms with Crippen molar-refractivity contribution in [1.82, 2.24) is 4.98 Å². The highest BCUT2D eigenvalue weighted by molar-refractivity contribution is 5.91. The third kappa shape index (κ3) is 15.5. The van der Waals surface area contributed by atoms with Crippen molar-refractivity contribution in [2.45, 2.75) is 123 Å². The lowest BCUT2D eigenvalue weighted by Crippen LogP contribution is -2.13. The number of pyridine rings is 1. The Bertz CT molecular complexity index is 632. The van der Waals surface area contributed by atoms with Crippen LogP contribution in [0.3, 0.4) is 0 Å². The number of nitrogens with zero attached hydrogens (tertiary/aromatic N) is 1. The lowest BCUT2D eigenvalue weighted by molar-refractivity contribution is 0.0482. The molecule has 0 saturated heterocycles. The van der Waals surface area contributed by atoms with E-state index in [1.54, 1.807) is 18.2 Å². The monoisotopic (exact) mass is 461 g/mol. The molecule has 0 amide bonds. The van der Waals surface area contributed by atoms with Crippen molar-refractivity contribution in [2.24, 2.45) is 0 Å². The first kappa shape index (κ1) is 29.1. The zero-order chi connectivity index (χ0) is 24.0. The minimum Gasteiger partial charge on any atom is -0.461 e. The SMILES string of the molecule is CCCCCCCCCCCCOC(=O)c1cccc(C(=O)OCCCCCCCCC)n1. The third-order valence-corrected chi connectivity index (χ3v) is 5.88. The van der Waals surface area contributed by atoms with Crippen LogP contribution in [0.25, 0.3) is 0 Å². The van der Waals surface area contributed by atoms with E-state index in [0.29, 0.717) is 13.2 Å². The van der Waals surface area contributed by atoms with Gasteiger partial charge in [-0.25, -0.2) is 14.6 Å². The quantitative estimate of drug-likeness (QED) is 0.137. The molecule has 0 fully saturated rings. The maximum atomic E-state index is 12.3. The molecule has 0 spiro atoms. The van der Waals surface area contributed by atoms with Crippen LogP contribution >= 0.6 is 0 Å². The Labute approximate surface area is 202 Å². The Hall–Kier alpha value is -1.91. The highest BCUT2D eigenvalue weighted by Crippen LogP contribution is 2.11. The van der Waals surface area contributed by atoms with Gasteiger partial charge in [0.1, 0.15) is 11.4 Å². The van der Waals surface area contributed by atoms with E-state index in [1.165, 1.54) is 83.5 Å². The predicted molar refractivity (Wildman–Crippen MR) is 135 cm³/mol. The number of carbonyl (C=O) groups excluding carboxylic acids is 2. The second-order valence-electron chi connectivity index (χ2n) is 8.98. The van der Waals surface area contributed by atoms with E-state index < -0.39 is 11.9 Å². The lowest BCUT2D eigenvalue weighted by Gasteiger charge is -2.07. The van der Waals surface area contributed by atoms with Crippen molar-refractivity contribution >= 4 is 11.9 Å². The zero-order valence-corrected chi connectivity index (χ0v) is 21.2. The molecule has 1 aromatic heterocycles. The number of aromatic nitrogens is 1. The third-order valence-electron chi connectivity index (χ3n) is 5.88. The molecule has 0 unspecified atom stereocenters. The summed E-state index contributed by atoms with van der Waals surface area (Å²) in [5.74, 6) is -0.960. The number of carbonyl (C=O) groups is 2. The molecule has 5 heteroatoms.